The number of carbonyl (C=O) groups excluding carboxylic acids is 2. The van der Waals surface area contributed by atoms with Crippen LogP contribution in [0.15, 0.2) is 48.5 Å². The first-order chi connectivity index (χ1) is 16.4. The molecule has 1 aliphatic rings. The second-order valence-electron chi connectivity index (χ2n) is 8.87. The maximum absolute atomic E-state index is 12.9. The lowest BCUT2D eigenvalue weighted by Crippen LogP contribution is -2.53. The molecule has 0 aliphatic heterocycles. The zero-order valence-electron chi connectivity index (χ0n) is 20.0. The number of aliphatic carboxylic acids is 1. The van der Waals surface area contributed by atoms with Crippen LogP contribution in [0.2, 0.25) is 0 Å². The molecule has 7 nitrogen and oxygen atoms in total. The van der Waals surface area contributed by atoms with E-state index in [0.29, 0.717) is 19.3 Å². The fourth-order valence-corrected chi connectivity index (χ4v) is 4.40. The van der Waals surface area contributed by atoms with E-state index < -0.39 is 30.1 Å². The highest BCUT2D eigenvalue weighted by molar-refractivity contribution is 5.89. The Hall–Kier alpha value is -3.35. The molecule has 34 heavy (non-hydrogen) atoms. The number of alkyl carbamates (subject to hydrolysis) is 1. The summed E-state index contributed by atoms with van der Waals surface area (Å²) in [5.74, 6) is -1.90. The molecule has 0 bridgehead atoms. The Morgan fingerprint density at radius 1 is 0.971 bits per heavy atom. The normalized spacial score (nSPS) is 14.9. The minimum atomic E-state index is -1.09. The van der Waals surface area contributed by atoms with Gasteiger partial charge in [-0.3, -0.25) is 4.79 Å². The molecule has 3 rings (SSSR count). The molecule has 2 unspecified atom stereocenters. The molecule has 3 atom stereocenters. The van der Waals surface area contributed by atoms with E-state index in [-0.39, 0.29) is 18.4 Å². The fraction of sp³-hybridized carbons (Fsp3) is 0.444. The monoisotopic (exact) mass is 466 g/mol. The number of hydrogen-bond acceptors (Lipinski definition) is 4. The smallest absolute Gasteiger partial charge is 0.407 e. The van der Waals surface area contributed by atoms with Crippen molar-refractivity contribution in [2.45, 2.75) is 64.5 Å². The molecule has 0 fully saturated rings. The van der Waals surface area contributed by atoms with Crippen LogP contribution in [0.25, 0.3) is 11.1 Å². The molecule has 182 valence electrons. The van der Waals surface area contributed by atoms with Crippen molar-refractivity contribution >= 4 is 18.0 Å². The predicted molar refractivity (Wildman–Crippen MR) is 131 cm³/mol. The molecule has 0 aromatic heterocycles. The van der Waals surface area contributed by atoms with Crippen LogP contribution < -0.4 is 10.6 Å². The first-order valence-electron chi connectivity index (χ1n) is 12.0. The molecule has 3 N–H and O–H groups in total. The van der Waals surface area contributed by atoms with Crippen molar-refractivity contribution in [2.24, 2.45) is 5.92 Å². The molecule has 2 aromatic rings. The Morgan fingerprint density at radius 2 is 1.56 bits per heavy atom. The van der Waals surface area contributed by atoms with Gasteiger partial charge in [-0.05, 0) is 34.6 Å². The largest absolute Gasteiger partial charge is 0.480 e. The number of carboxylic acids is 1. The van der Waals surface area contributed by atoms with Gasteiger partial charge in [0.15, 0.2) is 0 Å². The summed E-state index contributed by atoms with van der Waals surface area (Å²) >= 11 is 0. The van der Waals surface area contributed by atoms with Crippen molar-refractivity contribution in [3.63, 3.8) is 0 Å². The van der Waals surface area contributed by atoms with Crippen molar-refractivity contribution in [3.05, 3.63) is 59.7 Å². The van der Waals surface area contributed by atoms with Crippen LogP contribution in [-0.2, 0) is 14.3 Å². The minimum Gasteiger partial charge on any atom is -0.480 e. The van der Waals surface area contributed by atoms with Crippen LogP contribution in [0, 0.1) is 5.92 Å². The Morgan fingerprint density at radius 3 is 2.09 bits per heavy atom. The molecule has 1 aliphatic carbocycles. The number of hydrogen-bond donors (Lipinski definition) is 3. The number of ether oxygens (including phenoxy) is 1. The Bertz CT molecular complexity index is 976. The number of unbranched alkanes of at least 4 members (excludes halogenated alkanes) is 1. The van der Waals surface area contributed by atoms with E-state index in [0.717, 1.165) is 28.7 Å². The number of nitrogens with one attached hydrogen (secondary N) is 2. The number of amides is 2. The highest BCUT2D eigenvalue weighted by Crippen LogP contribution is 2.44. The summed E-state index contributed by atoms with van der Waals surface area (Å²) in [6, 6.07) is 14.3. The van der Waals surface area contributed by atoms with Gasteiger partial charge in [0.2, 0.25) is 5.91 Å². The summed E-state index contributed by atoms with van der Waals surface area (Å²) in [5.41, 5.74) is 4.48. The van der Waals surface area contributed by atoms with E-state index in [4.69, 9.17) is 4.74 Å². The van der Waals surface area contributed by atoms with E-state index in [1.54, 1.807) is 6.92 Å². The molecule has 0 heterocycles. The van der Waals surface area contributed by atoms with Crippen LogP contribution >= 0.6 is 0 Å². The lowest BCUT2D eigenvalue weighted by atomic mass is 9.98. The summed E-state index contributed by atoms with van der Waals surface area (Å²) in [4.78, 5) is 37.2. The molecule has 2 amide bonds. The summed E-state index contributed by atoms with van der Waals surface area (Å²) in [6.07, 6.45) is 1.87. The molecule has 0 saturated heterocycles. The van der Waals surface area contributed by atoms with Crippen LogP contribution in [0.4, 0.5) is 4.79 Å². The van der Waals surface area contributed by atoms with Gasteiger partial charge in [0, 0.05) is 5.92 Å². The third-order valence-corrected chi connectivity index (χ3v) is 6.58. The van der Waals surface area contributed by atoms with Crippen molar-refractivity contribution in [2.75, 3.05) is 6.61 Å². The van der Waals surface area contributed by atoms with Gasteiger partial charge in [0.25, 0.3) is 0 Å². The predicted octanol–water partition coefficient (Wildman–Crippen LogP) is 4.70. The molecule has 0 radical (unpaired) electrons. The summed E-state index contributed by atoms with van der Waals surface area (Å²) in [7, 11) is 0. The van der Waals surface area contributed by atoms with Gasteiger partial charge in [0.05, 0.1) is 0 Å². The van der Waals surface area contributed by atoms with E-state index >= 15 is 0 Å². The molecule has 7 heteroatoms. The van der Waals surface area contributed by atoms with Crippen molar-refractivity contribution in [1.82, 2.24) is 10.6 Å². The van der Waals surface area contributed by atoms with Crippen LogP contribution in [0.3, 0.4) is 0 Å². The molecule has 2 aromatic carbocycles. The Kier molecular flexibility index (Phi) is 8.68. The Balaban J connectivity index is 1.66. The lowest BCUT2D eigenvalue weighted by Gasteiger charge is -2.24. The van der Waals surface area contributed by atoms with Crippen molar-refractivity contribution in [3.8, 4) is 11.1 Å². The molecule has 0 saturated carbocycles. The van der Waals surface area contributed by atoms with Gasteiger partial charge in [-0.2, -0.15) is 0 Å². The second-order valence-corrected chi connectivity index (χ2v) is 8.87. The molecular formula is C27H34N2O5. The minimum absolute atomic E-state index is 0.0807. The number of carbonyl (C=O) groups is 3. The topological polar surface area (TPSA) is 105 Å². The lowest BCUT2D eigenvalue weighted by molar-refractivity contribution is -0.143. The van der Waals surface area contributed by atoms with Crippen LogP contribution in [0.5, 0.6) is 0 Å². The van der Waals surface area contributed by atoms with E-state index in [2.05, 4.69) is 22.8 Å². The van der Waals surface area contributed by atoms with Gasteiger partial charge in [-0.25, -0.2) is 9.59 Å². The zero-order valence-corrected chi connectivity index (χ0v) is 20.0. The first kappa shape index (κ1) is 25.3. The van der Waals surface area contributed by atoms with Gasteiger partial charge in [0.1, 0.15) is 18.7 Å². The zero-order chi connectivity index (χ0) is 24.7. The maximum Gasteiger partial charge on any atom is 0.407 e. The standard InChI is InChI=1S/C27H34N2O5/c1-4-6-15-23(25(30)29-24(26(31)32)17(3)5-2)28-27(33)34-16-22-20-13-9-7-11-18(20)19-12-8-10-14-21(19)22/h7-14,17,22-24H,4-6,15-16H2,1-3H3,(H,28,33)(H,29,30)(H,31,32)/t17?,23?,24-/m0/s1. The average Bonchev–Trinajstić information content (AvgIpc) is 3.16. The Labute approximate surface area is 200 Å². The van der Waals surface area contributed by atoms with Gasteiger partial charge < -0.3 is 20.5 Å². The number of rotatable bonds is 11. The van der Waals surface area contributed by atoms with Crippen LogP contribution in [0.1, 0.15) is 63.5 Å². The summed E-state index contributed by atoms with van der Waals surface area (Å²) in [6.45, 7) is 5.78. The molecule has 0 spiro atoms. The van der Waals surface area contributed by atoms with Gasteiger partial charge in [-0.15, -0.1) is 0 Å². The third kappa shape index (κ3) is 5.76. The average molecular weight is 467 g/mol. The quantitative estimate of drug-likeness (QED) is 0.445. The van der Waals surface area contributed by atoms with Crippen LogP contribution in [-0.4, -0.2) is 41.8 Å². The van der Waals surface area contributed by atoms with E-state index in [9.17, 15) is 19.5 Å². The second kappa shape index (κ2) is 11.7. The third-order valence-electron chi connectivity index (χ3n) is 6.58. The summed E-state index contributed by atoms with van der Waals surface area (Å²) in [5, 5.41) is 14.8. The highest BCUT2D eigenvalue weighted by Gasteiger charge is 2.31. The van der Waals surface area contributed by atoms with Crippen molar-refractivity contribution in [1.29, 1.82) is 0 Å². The van der Waals surface area contributed by atoms with Gasteiger partial charge in [-0.1, -0.05) is 88.6 Å². The maximum atomic E-state index is 12.9. The van der Waals surface area contributed by atoms with Crippen molar-refractivity contribution < 1.29 is 24.2 Å². The first-order valence-corrected chi connectivity index (χ1v) is 12.0. The van der Waals surface area contributed by atoms with E-state index in [1.165, 1.54) is 0 Å². The number of benzene rings is 2. The number of carboxylic acid groups (broad SMARTS) is 1. The van der Waals surface area contributed by atoms with Gasteiger partial charge >= 0.3 is 12.1 Å². The molecular weight excluding hydrogens is 432 g/mol. The van der Waals surface area contributed by atoms with E-state index in [1.807, 2.05) is 50.2 Å². The summed E-state index contributed by atoms with van der Waals surface area (Å²) < 4.78 is 5.57. The number of fused-ring (bicyclic) bond motifs is 3. The fourth-order valence-electron chi connectivity index (χ4n) is 4.40. The highest BCUT2D eigenvalue weighted by atomic mass is 16.5. The SMILES string of the molecule is CCCCC(NC(=O)OCC1c2ccccc2-c2ccccc21)C(=O)N[C@H](C(=O)O)C(C)CC.